The third-order valence-corrected chi connectivity index (χ3v) is 15.3. The number of rotatable bonds is 15. The summed E-state index contributed by atoms with van der Waals surface area (Å²) in [6.07, 6.45) is 1.78. The van der Waals surface area contributed by atoms with Gasteiger partial charge in [0.1, 0.15) is 35.2 Å². The summed E-state index contributed by atoms with van der Waals surface area (Å²) in [6.45, 7) is 10.9. The summed E-state index contributed by atoms with van der Waals surface area (Å²) in [4.78, 5) is 55.7. The van der Waals surface area contributed by atoms with Crippen LogP contribution in [-0.4, -0.2) is 89.0 Å². The Balaban J connectivity index is 0.752. The largest absolute Gasteiger partial charge is 0.490 e. The van der Waals surface area contributed by atoms with Crippen molar-refractivity contribution in [3.8, 4) is 39.6 Å². The van der Waals surface area contributed by atoms with Crippen LogP contribution in [0.15, 0.2) is 103 Å². The topological polar surface area (TPSA) is 188 Å². The average molecular weight is 1080 g/mol. The number of alkyl halides is 3. The maximum absolute atomic E-state index is 14.3. The van der Waals surface area contributed by atoms with Gasteiger partial charge in [-0.15, -0.1) is 11.3 Å². The number of aliphatic hydroxyl groups excluding tert-OH is 1. The Labute approximate surface area is 447 Å². The van der Waals surface area contributed by atoms with E-state index in [0.717, 1.165) is 38.7 Å². The lowest BCUT2D eigenvalue weighted by Crippen LogP contribution is -2.49. The minimum atomic E-state index is -4.80. The zero-order valence-corrected chi connectivity index (χ0v) is 44.2. The van der Waals surface area contributed by atoms with Crippen LogP contribution in [0.4, 0.5) is 24.5 Å². The van der Waals surface area contributed by atoms with Gasteiger partial charge in [-0.2, -0.15) is 23.5 Å². The quantitative estimate of drug-likeness (QED) is 0.0926. The van der Waals surface area contributed by atoms with Gasteiger partial charge in [-0.25, -0.2) is 9.97 Å². The summed E-state index contributed by atoms with van der Waals surface area (Å²) in [5.41, 5.74) is 2.26. The number of aromatic nitrogens is 4. The van der Waals surface area contributed by atoms with Crippen molar-refractivity contribution >= 4 is 57.8 Å². The molecule has 1 aliphatic carbocycles. The summed E-state index contributed by atoms with van der Waals surface area (Å²) in [6, 6.07) is 21.1. The number of pyridine rings is 1. The Morgan fingerprint density at radius 1 is 0.908 bits per heavy atom. The van der Waals surface area contributed by atoms with Gasteiger partial charge in [-0.05, 0) is 131 Å². The molecule has 2 N–H and O–H groups in total. The summed E-state index contributed by atoms with van der Waals surface area (Å²) in [7, 11) is 0. The number of β-amino-alcohol motifs (C(OH)–C–C–N with tert-alkyl or cyclic N) is 1. The Morgan fingerprint density at radius 2 is 1.58 bits per heavy atom. The molecule has 3 amide bonds. The molecule has 4 atom stereocenters. The zero-order chi connectivity index (χ0) is 54.2. The van der Waals surface area contributed by atoms with E-state index in [1.165, 1.54) is 21.8 Å². The molecule has 16 nitrogen and oxygen atoms in total. The SMILES string of the molecule is Cc1ncsc1-c1ccc(C(C)NC(=O)[C@@H]2C[C@@H](O)CN2C(=O)C(C(C)C)n2cc(Oc3ccc(OC4CCC(Oc5ccc(N6C(=S)N(c7ccc(C#N)c(C(F)(F)F)c7)C(=O)C6(C)C)cc5)CC4)nc3)cn2)cc1. The van der Waals surface area contributed by atoms with E-state index >= 15 is 0 Å². The minimum Gasteiger partial charge on any atom is -0.490 e. The number of benzene rings is 3. The van der Waals surface area contributed by atoms with Crippen LogP contribution in [0.25, 0.3) is 10.4 Å². The lowest BCUT2D eigenvalue weighted by Gasteiger charge is -2.30. The molecule has 2 unspecified atom stereocenters. The molecule has 3 fully saturated rings. The lowest BCUT2D eigenvalue weighted by molar-refractivity contribution is -0.142. The fraction of sp³-hybridized carbons (Fsp3) is 0.382. The third-order valence-electron chi connectivity index (χ3n) is 14.0. The number of carbonyl (C=O) groups is 3. The highest BCUT2D eigenvalue weighted by Crippen LogP contribution is 2.41. The van der Waals surface area contributed by atoms with E-state index in [0.29, 0.717) is 54.5 Å². The Bertz CT molecular complexity index is 3150. The van der Waals surface area contributed by atoms with Gasteiger partial charge < -0.3 is 34.4 Å². The molecule has 76 heavy (non-hydrogen) atoms. The van der Waals surface area contributed by atoms with Gasteiger partial charge in [-0.3, -0.25) is 24.0 Å². The fourth-order valence-electron chi connectivity index (χ4n) is 10.00. The first kappa shape index (κ1) is 53.4. The van der Waals surface area contributed by atoms with Gasteiger partial charge in [-0.1, -0.05) is 38.1 Å². The third kappa shape index (κ3) is 11.1. The number of amides is 3. The predicted molar refractivity (Wildman–Crippen MR) is 282 cm³/mol. The van der Waals surface area contributed by atoms with Crippen molar-refractivity contribution in [2.24, 2.45) is 5.92 Å². The minimum absolute atomic E-state index is 0.000732. The van der Waals surface area contributed by atoms with Gasteiger partial charge >= 0.3 is 6.18 Å². The molecule has 2 saturated heterocycles. The molecule has 396 valence electrons. The number of thiocarbonyl (C=S) groups is 1. The molecule has 3 aromatic heterocycles. The van der Waals surface area contributed by atoms with E-state index in [9.17, 15) is 37.9 Å². The molecule has 3 aromatic carbocycles. The number of carbonyl (C=O) groups excluding carboxylic acids is 3. The van der Waals surface area contributed by atoms with E-state index in [1.54, 1.807) is 84.9 Å². The van der Waals surface area contributed by atoms with Crippen LogP contribution in [0.3, 0.4) is 0 Å². The number of likely N-dealkylation sites (tertiary alicyclic amines) is 1. The Morgan fingerprint density at radius 3 is 2.20 bits per heavy atom. The second-order valence-corrected chi connectivity index (χ2v) is 21.3. The maximum atomic E-state index is 14.3. The van der Waals surface area contributed by atoms with Crippen LogP contribution in [-0.2, 0) is 20.6 Å². The van der Waals surface area contributed by atoms with Gasteiger partial charge in [0, 0.05) is 24.7 Å². The number of nitriles is 1. The van der Waals surface area contributed by atoms with Gasteiger partial charge in [0.25, 0.3) is 5.91 Å². The first-order valence-corrected chi connectivity index (χ1v) is 26.2. The number of aliphatic hydroxyl groups is 1. The van der Waals surface area contributed by atoms with Crippen LogP contribution < -0.4 is 29.3 Å². The lowest BCUT2D eigenvalue weighted by atomic mass is 9.95. The normalized spacial score (nSPS) is 20.4. The highest BCUT2D eigenvalue weighted by atomic mass is 32.1. The van der Waals surface area contributed by atoms with E-state index < -0.39 is 46.9 Å². The first-order chi connectivity index (χ1) is 36.2. The molecule has 3 aliphatic rings. The van der Waals surface area contributed by atoms with E-state index in [4.69, 9.17) is 26.4 Å². The van der Waals surface area contributed by atoms with Crippen molar-refractivity contribution in [2.45, 2.75) is 122 Å². The molecule has 0 radical (unpaired) electrons. The highest BCUT2D eigenvalue weighted by Gasteiger charge is 2.51. The monoisotopic (exact) mass is 1080 g/mol. The Hall–Kier alpha value is -7.41. The van der Waals surface area contributed by atoms with Crippen molar-refractivity contribution in [1.29, 1.82) is 5.26 Å². The van der Waals surface area contributed by atoms with Crippen molar-refractivity contribution in [3.63, 3.8) is 0 Å². The van der Waals surface area contributed by atoms with Gasteiger partial charge in [0.2, 0.25) is 17.7 Å². The summed E-state index contributed by atoms with van der Waals surface area (Å²) in [5, 5.41) is 27.5. The van der Waals surface area contributed by atoms with E-state index in [2.05, 4.69) is 20.4 Å². The number of hydrogen-bond acceptors (Lipinski definition) is 13. The first-order valence-electron chi connectivity index (χ1n) is 24.9. The zero-order valence-electron chi connectivity index (χ0n) is 42.5. The van der Waals surface area contributed by atoms with E-state index in [1.807, 2.05) is 57.5 Å². The predicted octanol–water partition coefficient (Wildman–Crippen LogP) is 10.1. The van der Waals surface area contributed by atoms with E-state index in [-0.39, 0.29) is 59.7 Å². The van der Waals surface area contributed by atoms with Gasteiger partial charge in [0.15, 0.2) is 10.9 Å². The maximum Gasteiger partial charge on any atom is 0.417 e. The van der Waals surface area contributed by atoms with Crippen LogP contribution in [0.2, 0.25) is 0 Å². The summed E-state index contributed by atoms with van der Waals surface area (Å²) < 4.78 is 61.6. The number of ether oxygens (including phenoxy) is 3. The van der Waals surface area contributed by atoms with Crippen LogP contribution in [0, 0.1) is 24.2 Å². The standard InChI is InChI=1S/C55H56F3N9O7S2/c1-31(2)48(51(70)64-28-39(68)24-46(64)50(69)63-32(3)34-7-9-35(10-8-34)49-33(4)61-30-76-49)65-29-44(27-62-65)73-43-21-22-47(60-26-43)74-42-19-17-41(18-20-42)72-40-15-13-37(14-16-40)67-53(75)66(52(71)54(67,5)6)38-12-11-36(25-59)45(23-38)55(56,57)58/h7-16,21-23,26-27,29-32,39,41-42,46,48,68H,17-20,24,28H2,1-6H3,(H,63,69)/t32?,39-,41?,42?,46+,48?/m1/s1. The Kier molecular flexibility index (Phi) is 15.2. The highest BCUT2D eigenvalue weighted by molar-refractivity contribution is 7.81. The van der Waals surface area contributed by atoms with Crippen LogP contribution in [0.5, 0.6) is 23.1 Å². The molecule has 2 aliphatic heterocycles. The van der Waals surface area contributed by atoms with Crippen molar-refractivity contribution in [2.75, 3.05) is 16.3 Å². The van der Waals surface area contributed by atoms with Crippen molar-refractivity contribution in [3.05, 3.63) is 125 Å². The molecular formula is C55H56F3N9O7S2. The molecule has 21 heteroatoms. The fourth-order valence-corrected chi connectivity index (χ4v) is 11.3. The number of anilines is 2. The summed E-state index contributed by atoms with van der Waals surface area (Å²) >= 11 is 7.25. The van der Waals surface area contributed by atoms with Gasteiger partial charge in [0.05, 0.1) is 75.8 Å². The molecule has 9 rings (SSSR count). The van der Waals surface area contributed by atoms with Crippen LogP contribution >= 0.6 is 23.6 Å². The summed E-state index contributed by atoms with van der Waals surface area (Å²) in [5.74, 6) is 0.401. The molecule has 1 saturated carbocycles. The molecule has 0 bridgehead atoms. The molecular weight excluding hydrogens is 1020 g/mol. The number of nitrogens with zero attached hydrogens (tertiary/aromatic N) is 8. The number of halogens is 3. The van der Waals surface area contributed by atoms with Crippen LogP contribution in [0.1, 0.15) is 101 Å². The number of thiazole rings is 1. The smallest absolute Gasteiger partial charge is 0.417 e. The molecule has 5 heterocycles. The average Bonchev–Trinajstić information content (AvgIpc) is 4.19. The van der Waals surface area contributed by atoms with Crippen molar-refractivity contribution in [1.82, 2.24) is 30.0 Å². The second-order valence-electron chi connectivity index (χ2n) is 20.1. The number of hydrogen-bond donors (Lipinski definition) is 2. The second kappa shape index (κ2) is 21.7. The van der Waals surface area contributed by atoms with Crippen molar-refractivity contribution < 1.29 is 46.9 Å². The number of aryl methyl sites for hydroxylation is 1. The number of nitrogens with one attached hydrogen (secondary N) is 1. The molecule has 6 aromatic rings. The molecule has 0 spiro atoms.